The maximum atomic E-state index is 13.6. The zero-order valence-electron chi connectivity index (χ0n) is 17.4. The molecule has 8 heteroatoms. The van der Waals surface area contributed by atoms with Crippen molar-refractivity contribution in [3.63, 3.8) is 0 Å². The average Bonchev–Trinajstić information content (AvgIpc) is 2.71. The highest BCUT2D eigenvalue weighted by molar-refractivity contribution is 5.97. The van der Waals surface area contributed by atoms with Gasteiger partial charge in [0.1, 0.15) is 5.75 Å². The second kappa shape index (κ2) is 8.91. The Balaban J connectivity index is 1.54. The van der Waals surface area contributed by atoms with Crippen molar-refractivity contribution < 1.29 is 23.1 Å². The van der Waals surface area contributed by atoms with Crippen molar-refractivity contribution in [1.29, 1.82) is 0 Å². The molecule has 1 saturated heterocycles. The van der Waals surface area contributed by atoms with Crippen LogP contribution < -0.4 is 15.0 Å². The van der Waals surface area contributed by atoms with Gasteiger partial charge in [0.25, 0.3) is 0 Å². The summed E-state index contributed by atoms with van der Waals surface area (Å²) in [7, 11) is 1.53. The van der Waals surface area contributed by atoms with Crippen LogP contribution in [0.1, 0.15) is 31.2 Å². The lowest BCUT2D eigenvalue weighted by molar-refractivity contribution is -0.122. The Hall–Kier alpha value is -3.16. The first-order chi connectivity index (χ1) is 15.0. The van der Waals surface area contributed by atoms with Crippen molar-refractivity contribution in [2.75, 3.05) is 30.4 Å². The highest BCUT2D eigenvalue weighted by atomic mass is 19.2. The van der Waals surface area contributed by atoms with Crippen molar-refractivity contribution in [2.24, 2.45) is 5.92 Å². The van der Waals surface area contributed by atoms with Gasteiger partial charge in [-0.05, 0) is 55.2 Å². The van der Waals surface area contributed by atoms with Gasteiger partial charge in [0, 0.05) is 31.2 Å². The van der Waals surface area contributed by atoms with Gasteiger partial charge in [-0.15, -0.1) is 0 Å². The lowest BCUT2D eigenvalue weighted by Gasteiger charge is -2.36. The van der Waals surface area contributed by atoms with Crippen LogP contribution >= 0.6 is 0 Å². The SMILES string of the molecule is COc1ccc(NC(=O)C2CCC2)cc1N1CCCN(Cc2ccc(F)c(F)c2)C1=O. The van der Waals surface area contributed by atoms with Crippen molar-refractivity contribution in [1.82, 2.24) is 4.90 Å². The minimum absolute atomic E-state index is 0.00713. The van der Waals surface area contributed by atoms with Crippen molar-refractivity contribution in [2.45, 2.75) is 32.2 Å². The number of carbonyl (C=O) groups excluding carboxylic acids is 2. The molecule has 1 N–H and O–H groups in total. The number of amides is 3. The van der Waals surface area contributed by atoms with Gasteiger partial charge in [-0.3, -0.25) is 9.69 Å². The third kappa shape index (κ3) is 4.47. The molecule has 0 radical (unpaired) electrons. The molecule has 1 aliphatic heterocycles. The van der Waals surface area contributed by atoms with E-state index in [1.165, 1.54) is 13.2 Å². The van der Waals surface area contributed by atoms with Crippen LogP contribution in [0.2, 0.25) is 0 Å². The van der Waals surface area contributed by atoms with Gasteiger partial charge in [0.15, 0.2) is 11.6 Å². The molecule has 2 aromatic carbocycles. The van der Waals surface area contributed by atoms with Gasteiger partial charge >= 0.3 is 6.03 Å². The molecule has 2 aliphatic rings. The number of halogens is 2. The molecule has 0 spiro atoms. The van der Waals surface area contributed by atoms with E-state index >= 15 is 0 Å². The molecule has 1 aliphatic carbocycles. The number of urea groups is 1. The minimum Gasteiger partial charge on any atom is -0.495 e. The summed E-state index contributed by atoms with van der Waals surface area (Å²) in [5.74, 6) is -1.29. The fraction of sp³-hybridized carbons (Fsp3) is 0.391. The molecule has 0 atom stereocenters. The van der Waals surface area contributed by atoms with Crippen LogP contribution in [0.3, 0.4) is 0 Å². The quantitative estimate of drug-likeness (QED) is 0.733. The van der Waals surface area contributed by atoms with Crippen LogP contribution in [0.5, 0.6) is 5.75 Å². The third-order valence-corrected chi connectivity index (χ3v) is 5.88. The molecular formula is C23H25F2N3O3. The van der Waals surface area contributed by atoms with Crippen molar-refractivity contribution in [3.8, 4) is 5.75 Å². The molecule has 0 aromatic heterocycles. The van der Waals surface area contributed by atoms with Gasteiger partial charge < -0.3 is 15.0 Å². The normalized spacial score (nSPS) is 16.8. The Bertz CT molecular complexity index is 994. The molecule has 3 amide bonds. The minimum atomic E-state index is -0.935. The highest BCUT2D eigenvalue weighted by Crippen LogP contribution is 2.35. The second-order valence-electron chi connectivity index (χ2n) is 7.96. The van der Waals surface area contributed by atoms with E-state index in [4.69, 9.17) is 4.74 Å². The summed E-state index contributed by atoms with van der Waals surface area (Å²) in [4.78, 5) is 28.7. The molecule has 164 valence electrons. The van der Waals surface area contributed by atoms with Crippen LogP contribution in [0.25, 0.3) is 0 Å². The Labute approximate surface area is 179 Å². The molecule has 6 nitrogen and oxygen atoms in total. The predicted octanol–water partition coefficient (Wildman–Crippen LogP) is 4.54. The number of hydrogen-bond acceptors (Lipinski definition) is 3. The smallest absolute Gasteiger partial charge is 0.324 e. The second-order valence-corrected chi connectivity index (χ2v) is 7.96. The first kappa shape index (κ1) is 21.1. The van der Waals surface area contributed by atoms with E-state index in [0.717, 1.165) is 31.4 Å². The van der Waals surface area contributed by atoms with E-state index in [9.17, 15) is 18.4 Å². The lowest BCUT2D eigenvalue weighted by Crippen LogP contribution is -2.49. The summed E-state index contributed by atoms with van der Waals surface area (Å²) < 4.78 is 32.2. The number of nitrogens with zero attached hydrogens (tertiary/aromatic N) is 2. The number of anilines is 2. The third-order valence-electron chi connectivity index (χ3n) is 5.88. The Kier molecular flexibility index (Phi) is 6.06. The molecule has 0 bridgehead atoms. The molecule has 1 saturated carbocycles. The molecular weight excluding hydrogens is 404 g/mol. The van der Waals surface area contributed by atoms with E-state index < -0.39 is 11.6 Å². The van der Waals surface area contributed by atoms with Gasteiger partial charge in [0.2, 0.25) is 5.91 Å². The Morgan fingerprint density at radius 1 is 1.10 bits per heavy atom. The fourth-order valence-corrected chi connectivity index (χ4v) is 3.90. The number of rotatable bonds is 6. The zero-order chi connectivity index (χ0) is 22.0. The summed E-state index contributed by atoms with van der Waals surface area (Å²) in [5, 5.41) is 2.93. The number of hydrogen-bond donors (Lipinski definition) is 1. The summed E-state index contributed by atoms with van der Waals surface area (Å²) in [6.07, 6.45) is 3.58. The number of ether oxygens (including phenoxy) is 1. The summed E-state index contributed by atoms with van der Waals surface area (Å²) in [6.45, 7) is 1.17. The molecule has 31 heavy (non-hydrogen) atoms. The summed E-state index contributed by atoms with van der Waals surface area (Å²) in [6, 6.07) is 8.62. The van der Waals surface area contributed by atoms with Crippen LogP contribution in [0, 0.1) is 17.6 Å². The van der Waals surface area contributed by atoms with E-state index in [1.807, 2.05) is 0 Å². The Morgan fingerprint density at radius 2 is 1.90 bits per heavy atom. The fourth-order valence-electron chi connectivity index (χ4n) is 3.90. The van der Waals surface area contributed by atoms with Gasteiger partial charge in [-0.1, -0.05) is 12.5 Å². The van der Waals surface area contributed by atoms with Crippen LogP contribution in [0.15, 0.2) is 36.4 Å². The monoisotopic (exact) mass is 429 g/mol. The Morgan fingerprint density at radius 3 is 2.58 bits per heavy atom. The van der Waals surface area contributed by atoms with Crippen molar-refractivity contribution in [3.05, 3.63) is 53.6 Å². The van der Waals surface area contributed by atoms with Crippen LogP contribution in [-0.4, -0.2) is 37.0 Å². The standard InChI is InChI=1S/C23H25F2N3O3/c1-31-21-9-7-17(26-22(29)16-4-2-5-16)13-20(21)28-11-3-10-27(23(28)30)14-15-6-8-18(24)19(25)12-15/h6-9,12-13,16H,2-5,10-11,14H2,1H3,(H,26,29). The van der Waals surface area contributed by atoms with E-state index in [0.29, 0.717) is 42.2 Å². The van der Waals surface area contributed by atoms with E-state index in [1.54, 1.807) is 28.0 Å². The first-order valence-electron chi connectivity index (χ1n) is 10.5. The summed E-state index contributed by atoms with van der Waals surface area (Å²) >= 11 is 0. The largest absolute Gasteiger partial charge is 0.495 e. The van der Waals surface area contributed by atoms with E-state index in [-0.39, 0.29) is 24.4 Å². The average molecular weight is 429 g/mol. The van der Waals surface area contributed by atoms with Gasteiger partial charge in [0.05, 0.1) is 12.8 Å². The predicted molar refractivity (Wildman–Crippen MR) is 113 cm³/mol. The van der Waals surface area contributed by atoms with Crippen LogP contribution in [0.4, 0.5) is 25.0 Å². The number of benzene rings is 2. The molecule has 4 rings (SSSR count). The molecule has 0 unspecified atom stereocenters. The first-order valence-corrected chi connectivity index (χ1v) is 10.5. The number of methoxy groups -OCH3 is 1. The molecule has 2 fully saturated rings. The topological polar surface area (TPSA) is 61.9 Å². The zero-order valence-corrected chi connectivity index (χ0v) is 17.4. The van der Waals surface area contributed by atoms with E-state index in [2.05, 4.69) is 5.32 Å². The highest BCUT2D eigenvalue weighted by Gasteiger charge is 2.30. The molecule has 1 heterocycles. The van der Waals surface area contributed by atoms with Crippen molar-refractivity contribution >= 4 is 23.3 Å². The van der Waals surface area contributed by atoms with Gasteiger partial charge in [-0.25, -0.2) is 13.6 Å². The summed E-state index contributed by atoms with van der Waals surface area (Å²) in [5.41, 5.74) is 1.69. The van der Waals surface area contributed by atoms with Gasteiger partial charge in [-0.2, -0.15) is 0 Å². The maximum absolute atomic E-state index is 13.6. The number of nitrogens with one attached hydrogen (secondary N) is 1. The van der Waals surface area contributed by atoms with Crippen LogP contribution in [-0.2, 0) is 11.3 Å². The number of carbonyl (C=O) groups is 2. The maximum Gasteiger partial charge on any atom is 0.324 e. The lowest BCUT2D eigenvalue weighted by atomic mass is 9.85. The molecule has 2 aromatic rings.